The van der Waals surface area contributed by atoms with Crippen molar-refractivity contribution in [3.05, 3.63) is 0 Å². The molecular formula is C6H16N3+. The van der Waals surface area contributed by atoms with Gasteiger partial charge in [-0.3, -0.25) is 11.2 Å². The highest BCUT2D eigenvalue weighted by molar-refractivity contribution is 5.70. The summed E-state index contributed by atoms with van der Waals surface area (Å²) >= 11 is 0. The van der Waals surface area contributed by atoms with Crippen LogP contribution in [0.3, 0.4) is 0 Å². The van der Waals surface area contributed by atoms with Crippen molar-refractivity contribution >= 4 is 5.84 Å². The number of hydrogen-bond acceptors (Lipinski definition) is 1. The molecule has 0 saturated carbocycles. The highest BCUT2D eigenvalue weighted by Gasteiger charge is 2.07. The Kier molecular flexibility index (Phi) is 2.49. The second-order valence-electron chi connectivity index (χ2n) is 3.18. The van der Waals surface area contributed by atoms with Crippen LogP contribution in [0.25, 0.3) is 0 Å². The molecule has 0 radical (unpaired) electrons. The Morgan fingerprint density at radius 1 is 1.44 bits per heavy atom. The Morgan fingerprint density at radius 2 is 1.89 bits per heavy atom. The fraction of sp³-hybridized carbons (Fsp3) is 0.833. The molecule has 0 spiro atoms. The predicted molar refractivity (Wildman–Crippen MR) is 38.7 cm³/mol. The van der Waals surface area contributed by atoms with Crippen molar-refractivity contribution in [2.24, 2.45) is 5.73 Å². The van der Waals surface area contributed by atoms with E-state index < -0.39 is 0 Å². The summed E-state index contributed by atoms with van der Waals surface area (Å²) in [7, 11) is 0. The second kappa shape index (κ2) is 2.71. The van der Waals surface area contributed by atoms with Crippen molar-refractivity contribution in [2.75, 3.05) is 0 Å². The van der Waals surface area contributed by atoms with E-state index in [9.17, 15) is 0 Å². The zero-order valence-corrected chi connectivity index (χ0v) is 6.58. The van der Waals surface area contributed by atoms with Crippen LogP contribution in [0, 0.1) is 0 Å². The first-order valence-corrected chi connectivity index (χ1v) is 3.04. The first-order chi connectivity index (χ1) is 3.92. The summed E-state index contributed by atoms with van der Waals surface area (Å²) in [6, 6.07) is 0. The van der Waals surface area contributed by atoms with Crippen LogP contribution >= 0.6 is 0 Å². The molecule has 0 aliphatic heterocycles. The van der Waals surface area contributed by atoms with E-state index in [0.29, 0.717) is 5.84 Å². The molecule has 0 fully saturated rings. The molecule has 0 atom stereocenters. The van der Waals surface area contributed by atoms with Gasteiger partial charge in [-0.2, -0.15) is 5.10 Å². The van der Waals surface area contributed by atoms with Gasteiger partial charge in [0, 0.05) is 6.92 Å². The molecule has 0 aliphatic carbocycles. The molecule has 3 nitrogen and oxygen atoms in total. The summed E-state index contributed by atoms with van der Waals surface area (Å²) in [6.07, 6.45) is 0. The minimum absolute atomic E-state index is 0.0701. The zero-order valence-electron chi connectivity index (χ0n) is 6.58. The largest absolute Gasteiger partial charge is 0.290 e. The Hall–Kier alpha value is -0.730. The molecule has 0 unspecified atom stereocenters. The molecule has 9 heavy (non-hydrogen) atoms. The fourth-order valence-electron chi connectivity index (χ4n) is 0.286. The normalized spacial score (nSPS) is 13.6. The molecular weight excluding hydrogens is 114 g/mol. The molecule has 0 heterocycles. The molecule has 0 rings (SSSR count). The van der Waals surface area contributed by atoms with Gasteiger partial charge in [-0.15, -0.1) is 0 Å². The molecule has 0 bridgehead atoms. The second-order valence-corrected chi connectivity index (χ2v) is 3.18. The average Bonchev–Trinajstić information content (AvgIpc) is 1.59. The molecule has 0 aliphatic rings. The average molecular weight is 130 g/mol. The maximum atomic E-state index is 5.34. The molecule has 4 N–H and O–H groups in total. The fourth-order valence-corrected chi connectivity index (χ4v) is 0.286. The van der Waals surface area contributed by atoms with Crippen molar-refractivity contribution in [3.63, 3.8) is 0 Å². The van der Waals surface area contributed by atoms with Crippen LogP contribution in [0.4, 0.5) is 0 Å². The topological polar surface area (TPSA) is 52.0 Å². The first-order valence-electron chi connectivity index (χ1n) is 3.04. The standard InChI is InChI=1S/C6H15N3/c1-5(7)8-9-6(2,3)4/h9H,1-4H3,(H2,7,8)/p+1. The molecule has 0 aromatic carbocycles. The van der Waals surface area contributed by atoms with Gasteiger partial charge in [-0.25, -0.2) is 0 Å². The number of nitrogens with one attached hydrogen (secondary N) is 2. The molecule has 0 aromatic heterocycles. The van der Waals surface area contributed by atoms with Gasteiger partial charge in [-0.05, 0) is 20.8 Å². The Morgan fingerprint density at radius 3 is 2.00 bits per heavy atom. The maximum absolute atomic E-state index is 5.34. The number of hydrazine groups is 1. The van der Waals surface area contributed by atoms with Gasteiger partial charge >= 0.3 is 0 Å². The lowest BCUT2D eigenvalue weighted by Gasteiger charge is -2.15. The summed E-state index contributed by atoms with van der Waals surface area (Å²) in [5, 5.41) is 2.83. The third kappa shape index (κ3) is 7.27. The van der Waals surface area contributed by atoms with Gasteiger partial charge in [0.05, 0.1) is 5.54 Å². The number of nitrogens with two attached hydrogens (primary N) is 1. The van der Waals surface area contributed by atoms with E-state index in [0.717, 1.165) is 0 Å². The van der Waals surface area contributed by atoms with Crippen LogP contribution < -0.4 is 16.3 Å². The SMILES string of the molecule is C/C(N)=[NH+]/NC(C)(C)C. The van der Waals surface area contributed by atoms with E-state index >= 15 is 0 Å². The number of hydrogen-bond donors (Lipinski definition) is 3. The third-order valence-electron chi connectivity index (χ3n) is 0.635. The van der Waals surface area contributed by atoms with Gasteiger partial charge in [0.25, 0.3) is 5.84 Å². The van der Waals surface area contributed by atoms with Crippen molar-refractivity contribution in [2.45, 2.75) is 33.2 Å². The van der Waals surface area contributed by atoms with Crippen molar-refractivity contribution in [1.82, 2.24) is 5.43 Å². The lowest BCUT2D eigenvalue weighted by atomic mass is 10.1. The lowest BCUT2D eigenvalue weighted by Crippen LogP contribution is -2.88. The van der Waals surface area contributed by atoms with Gasteiger partial charge in [0.15, 0.2) is 0 Å². The van der Waals surface area contributed by atoms with E-state index in [-0.39, 0.29) is 5.54 Å². The van der Waals surface area contributed by atoms with E-state index in [1.165, 1.54) is 0 Å². The molecule has 0 amide bonds. The van der Waals surface area contributed by atoms with Crippen LogP contribution in [0.2, 0.25) is 0 Å². The van der Waals surface area contributed by atoms with Gasteiger partial charge in [-0.1, -0.05) is 0 Å². The predicted octanol–water partition coefficient (Wildman–Crippen LogP) is -1.25. The Balaban J connectivity index is 3.64. The van der Waals surface area contributed by atoms with Crippen molar-refractivity contribution < 1.29 is 5.10 Å². The molecule has 0 saturated heterocycles. The highest BCUT2D eigenvalue weighted by atomic mass is 15.3. The number of rotatable bonds is 1. The van der Waals surface area contributed by atoms with E-state index in [4.69, 9.17) is 5.73 Å². The van der Waals surface area contributed by atoms with Crippen molar-refractivity contribution in [1.29, 1.82) is 0 Å². The summed E-state index contributed by atoms with van der Waals surface area (Å²) in [5.74, 6) is 0.685. The summed E-state index contributed by atoms with van der Waals surface area (Å²) in [6.45, 7) is 7.98. The minimum atomic E-state index is 0.0701. The number of amidine groups is 1. The number of hydrazone groups is 1. The maximum Gasteiger partial charge on any atom is 0.260 e. The summed E-state index contributed by atoms with van der Waals surface area (Å²) in [4.78, 5) is 0. The van der Waals surface area contributed by atoms with Gasteiger partial charge in [0.1, 0.15) is 0 Å². The highest BCUT2D eigenvalue weighted by Crippen LogP contribution is 1.92. The minimum Gasteiger partial charge on any atom is -0.290 e. The molecule has 0 aromatic rings. The van der Waals surface area contributed by atoms with Gasteiger partial charge < -0.3 is 0 Å². The molecule has 3 heteroatoms. The van der Waals surface area contributed by atoms with E-state index in [2.05, 4.69) is 31.3 Å². The monoisotopic (exact) mass is 130 g/mol. The lowest BCUT2D eigenvalue weighted by molar-refractivity contribution is -0.541. The van der Waals surface area contributed by atoms with Crippen LogP contribution in [-0.4, -0.2) is 11.4 Å². The quantitative estimate of drug-likeness (QED) is 0.236. The van der Waals surface area contributed by atoms with Crippen LogP contribution in [-0.2, 0) is 0 Å². The van der Waals surface area contributed by atoms with Crippen LogP contribution in [0.1, 0.15) is 27.7 Å². The van der Waals surface area contributed by atoms with Crippen LogP contribution in [0.5, 0.6) is 0 Å². The summed E-state index contributed by atoms with van der Waals surface area (Å²) in [5.41, 5.74) is 8.42. The summed E-state index contributed by atoms with van der Waals surface area (Å²) < 4.78 is 0. The Labute approximate surface area is 56.3 Å². The third-order valence-corrected chi connectivity index (χ3v) is 0.635. The Bertz CT molecular complexity index is 106. The van der Waals surface area contributed by atoms with Gasteiger partial charge in [0.2, 0.25) is 0 Å². The van der Waals surface area contributed by atoms with E-state index in [1.54, 1.807) is 6.92 Å². The first kappa shape index (κ1) is 8.27. The van der Waals surface area contributed by atoms with E-state index in [1.807, 2.05) is 0 Å². The zero-order chi connectivity index (χ0) is 7.49. The molecule has 54 valence electrons. The smallest absolute Gasteiger partial charge is 0.260 e. The van der Waals surface area contributed by atoms with Crippen LogP contribution in [0.15, 0.2) is 0 Å². The van der Waals surface area contributed by atoms with Crippen molar-refractivity contribution in [3.8, 4) is 0 Å².